The third kappa shape index (κ3) is 2.04. The van der Waals surface area contributed by atoms with Gasteiger partial charge in [-0.15, -0.1) is 0 Å². The fourth-order valence-corrected chi connectivity index (χ4v) is 2.11. The second-order valence-electron chi connectivity index (χ2n) is 3.39. The number of nitriles is 1. The largest absolute Gasteiger partial charge is 0.431 e. The Kier molecular flexibility index (Phi) is 2.67. The Morgan fingerprint density at radius 2 is 2.06 bits per heavy atom. The zero-order valence-corrected chi connectivity index (χ0v) is 9.89. The highest BCUT2D eigenvalue weighted by atomic mass is 32.2. The van der Waals surface area contributed by atoms with E-state index in [1.54, 1.807) is 6.07 Å². The van der Waals surface area contributed by atoms with Crippen LogP contribution in [0, 0.1) is 11.3 Å². The predicted molar refractivity (Wildman–Crippen MR) is 64.9 cm³/mol. The van der Waals surface area contributed by atoms with Crippen LogP contribution in [-0.4, -0.2) is 15.0 Å². The number of hydrogen-bond donors (Lipinski definition) is 0. The van der Waals surface area contributed by atoms with Gasteiger partial charge in [-0.3, -0.25) is 0 Å². The molecule has 86 valence electrons. The van der Waals surface area contributed by atoms with Gasteiger partial charge in [-0.05, 0) is 18.2 Å². The highest BCUT2D eigenvalue weighted by Crippen LogP contribution is 2.27. The molecule has 5 nitrogen and oxygen atoms in total. The molecule has 0 aliphatic carbocycles. The van der Waals surface area contributed by atoms with Gasteiger partial charge >= 0.3 is 0 Å². The molecule has 0 unspecified atom stereocenters. The minimum atomic E-state index is 0.323. The summed E-state index contributed by atoms with van der Waals surface area (Å²) in [6.07, 6.45) is 1.54. The van der Waals surface area contributed by atoms with Crippen molar-refractivity contribution in [2.45, 2.75) is 10.4 Å². The Morgan fingerprint density at radius 1 is 1.17 bits per heavy atom. The third-order valence-corrected chi connectivity index (χ3v) is 2.93. The first-order chi connectivity index (χ1) is 8.85. The van der Waals surface area contributed by atoms with Crippen LogP contribution < -0.4 is 0 Å². The lowest BCUT2D eigenvalue weighted by Gasteiger charge is -1.94. The number of aromatic nitrogens is 3. The van der Waals surface area contributed by atoms with Crippen LogP contribution in [0.4, 0.5) is 0 Å². The van der Waals surface area contributed by atoms with E-state index in [4.69, 9.17) is 9.68 Å². The topological polar surface area (TPSA) is 75.6 Å². The van der Waals surface area contributed by atoms with Gasteiger partial charge < -0.3 is 4.42 Å². The van der Waals surface area contributed by atoms with Crippen LogP contribution in [0.25, 0.3) is 11.1 Å². The number of nitrogens with zero attached hydrogens (tertiary/aromatic N) is 4. The lowest BCUT2D eigenvalue weighted by molar-refractivity contribution is 0.488. The van der Waals surface area contributed by atoms with E-state index in [-0.39, 0.29) is 0 Å². The summed E-state index contributed by atoms with van der Waals surface area (Å²) in [7, 11) is 0. The smallest absolute Gasteiger partial charge is 0.264 e. The standard InChI is InChI=1S/C12H6N4OS/c13-7-8-5-6-14-11(15-8)18-12-16-9-3-1-2-4-10(9)17-12/h1-6H. The van der Waals surface area contributed by atoms with Gasteiger partial charge in [-0.25, -0.2) is 15.0 Å². The Bertz CT molecular complexity index is 714. The Balaban J connectivity index is 1.94. The van der Waals surface area contributed by atoms with Gasteiger partial charge in [0.1, 0.15) is 17.3 Å². The van der Waals surface area contributed by atoms with E-state index in [0.29, 0.717) is 16.1 Å². The van der Waals surface area contributed by atoms with Crippen molar-refractivity contribution in [3.63, 3.8) is 0 Å². The monoisotopic (exact) mass is 254 g/mol. The summed E-state index contributed by atoms with van der Waals surface area (Å²) in [5, 5.41) is 9.66. The molecule has 3 rings (SSSR count). The van der Waals surface area contributed by atoms with Gasteiger partial charge in [-0.1, -0.05) is 12.1 Å². The van der Waals surface area contributed by atoms with Crippen LogP contribution in [0.2, 0.25) is 0 Å². The zero-order chi connectivity index (χ0) is 12.4. The molecule has 18 heavy (non-hydrogen) atoms. The molecule has 0 saturated carbocycles. The Labute approximate surface area is 107 Å². The number of fused-ring (bicyclic) bond motifs is 1. The van der Waals surface area contributed by atoms with Crippen molar-refractivity contribution in [2.75, 3.05) is 0 Å². The molecule has 0 radical (unpaired) electrons. The molecular weight excluding hydrogens is 248 g/mol. The maximum absolute atomic E-state index is 8.75. The molecule has 3 aromatic rings. The first-order valence-corrected chi connectivity index (χ1v) is 5.93. The van der Waals surface area contributed by atoms with Crippen molar-refractivity contribution in [3.05, 3.63) is 42.2 Å². The summed E-state index contributed by atoms with van der Waals surface area (Å²) in [6, 6.07) is 11.0. The van der Waals surface area contributed by atoms with Gasteiger partial charge in [0.05, 0.1) is 0 Å². The second-order valence-corrected chi connectivity index (χ2v) is 4.30. The van der Waals surface area contributed by atoms with Gasteiger partial charge in [0, 0.05) is 18.0 Å². The summed E-state index contributed by atoms with van der Waals surface area (Å²) in [4.78, 5) is 12.4. The SMILES string of the molecule is N#Cc1ccnc(Sc2nc3ccccc3o2)n1. The molecule has 0 amide bonds. The predicted octanol–water partition coefficient (Wildman–Crippen LogP) is 2.64. The lowest BCUT2D eigenvalue weighted by atomic mass is 10.3. The van der Waals surface area contributed by atoms with E-state index < -0.39 is 0 Å². The molecule has 0 spiro atoms. The molecule has 1 aromatic carbocycles. The van der Waals surface area contributed by atoms with E-state index >= 15 is 0 Å². The molecule has 0 aliphatic heterocycles. The highest BCUT2D eigenvalue weighted by Gasteiger charge is 2.09. The number of benzene rings is 1. The molecule has 2 aromatic heterocycles. The summed E-state index contributed by atoms with van der Waals surface area (Å²) in [5.41, 5.74) is 1.83. The third-order valence-electron chi connectivity index (χ3n) is 2.20. The minimum Gasteiger partial charge on any atom is -0.431 e. The van der Waals surface area contributed by atoms with Crippen molar-refractivity contribution in [3.8, 4) is 6.07 Å². The van der Waals surface area contributed by atoms with Crippen LogP contribution in [0.15, 0.2) is 51.3 Å². The van der Waals surface area contributed by atoms with Crippen molar-refractivity contribution in [1.29, 1.82) is 5.26 Å². The molecule has 0 saturated heterocycles. The molecule has 0 bridgehead atoms. The zero-order valence-electron chi connectivity index (χ0n) is 9.07. The normalized spacial score (nSPS) is 10.4. The highest BCUT2D eigenvalue weighted by molar-refractivity contribution is 7.98. The van der Waals surface area contributed by atoms with Crippen LogP contribution in [0.1, 0.15) is 5.69 Å². The van der Waals surface area contributed by atoms with Crippen LogP contribution >= 0.6 is 11.8 Å². The number of hydrogen-bond acceptors (Lipinski definition) is 6. The van der Waals surface area contributed by atoms with Gasteiger partial charge in [0.15, 0.2) is 10.7 Å². The summed E-state index contributed by atoms with van der Waals surface area (Å²) in [6.45, 7) is 0. The van der Waals surface area contributed by atoms with Crippen LogP contribution in [0.3, 0.4) is 0 Å². The number of oxazole rings is 1. The quantitative estimate of drug-likeness (QED) is 0.654. The van der Waals surface area contributed by atoms with Gasteiger partial charge in [-0.2, -0.15) is 5.26 Å². The Hall–Kier alpha value is -2.39. The molecule has 0 aliphatic rings. The first kappa shape index (κ1) is 10.7. The lowest BCUT2D eigenvalue weighted by Crippen LogP contribution is -1.88. The molecule has 0 atom stereocenters. The Morgan fingerprint density at radius 3 is 2.89 bits per heavy atom. The molecule has 0 N–H and O–H groups in total. The van der Waals surface area contributed by atoms with Crippen molar-refractivity contribution in [2.24, 2.45) is 0 Å². The van der Waals surface area contributed by atoms with E-state index in [1.807, 2.05) is 30.3 Å². The van der Waals surface area contributed by atoms with Crippen LogP contribution in [-0.2, 0) is 0 Å². The van der Waals surface area contributed by atoms with E-state index in [2.05, 4.69) is 15.0 Å². The van der Waals surface area contributed by atoms with Gasteiger partial charge in [0.25, 0.3) is 5.22 Å². The second kappa shape index (κ2) is 4.47. The van der Waals surface area contributed by atoms with Crippen molar-refractivity contribution in [1.82, 2.24) is 15.0 Å². The maximum atomic E-state index is 8.75. The molecular formula is C12H6N4OS. The number of rotatable bonds is 2. The van der Waals surface area contributed by atoms with Crippen molar-refractivity contribution < 1.29 is 4.42 Å². The average Bonchev–Trinajstić information content (AvgIpc) is 2.81. The summed E-state index contributed by atoms with van der Waals surface area (Å²) < 4.78 is 5.53. The van der Waals surface area contributed by atoms with E-state index in [1.165, 1.54) is 18.0 Å². The minimum absolute atomic E-state index is 0.323. The van der Waals surface area contributed by atoms with E-state index in [0.717, 1.165) is 11.1 Å². The fourth-order valence-electron chi connectivity index (χ4n) is 1.43. The van der Waals surface area contributed by atoms with Crippen molar-refractivity contribution >= 4 is 22.9 Å². The molecule has 0 fully saturated rings. The fraction of sp³-hybridized carbons (Fsp3) is 0. The molecule has 6 heteroatoms. The molecule has 2 heterocycles. The average molecular weight is 254 g/mol. The first-order valence-electron chi connectivity index (χ1n) is 5.12. The maximum Gasteiger partial charge on any atom is 0.264 e. The summed E-state index contributed by atoms with van der Waals surface area (Å²) in [5.74, 6) is 0. The number of para-hydroxylation sites is 2. The van der Waals surface area contributed by atoms with Crippen LogP contribution in [0.5, 0.6) is 0 Å². The summed E-state index contributed by atoms with van der Waals surface area (Å²) >= 11 is 1.19. The van der Waals surface area contributed by atoms with Gasteiger partial charge in [0.2, 0.25) is 0 Å². The van der Waals surface area contributed by atoms with E-state index in [9.17, 15) is 0 Å².